The van der Waals surface area contributed by atoms with Crippen molar-refractivity contribution in [2.75, 3.05) is 6.54 Å². The number of nitrogens with zero attached hydrogens (tertiary/aromatic N) is 1. The van der Waals surface area contributed by atoms with Crippen LogP contribution in [0.5, 0.6) is 11.6 Å². The molecule has 0 aliphatic heterocycles. The smallest absolute Gasteiger partial charge is 0.219 e. The molecule has 17 heavy (non-hydrogen) atoms. The molecule has 0 fully saturated rings. The molecule has 88 valence electrons. The Kier molecular flexibility index (Phi) is 3.73. The molecule has 2 N–H and O–H groups in total. The van der Waals surface area contributed by atoms with E-state index in [0.717, 1.165) is 23.3 Å². The third-order valence-electron chi connectivity index (χ3n) is 2.54. The Morgan fingerprint density at radius 1 is 1.18 bits per heavy atom. The van der Waals surface area contributed by atoms with Crippen molar-refractivity contribution in [3.63, 3.8) is 0 Å². The molecule has 0 spiro atoms. The van der Waals surface area contributed by atoms with E-state index in [1.165, 1.54) is 0 Å². The summed E-state index contributed by atoms with van der Waals surface area (Å²) in [6, 6.07) is 11.7. The van der Waals surface area contributed by atoms with E-state index >= 15 is 0 Å². The van der Waals surface area contributed by atoms with Crippen LogP contribution in [0.1, 0.15) is 11.1 Å². The van der Waals surface area contributed by atoms with Gasteiger partial charge in [-0.3, -0.25) is 0 Å². The van der Waals surface area contributed by atoms with Gasteiger partial charge in [-0.15, -0.1) is 0 Å². The molecule has 2 aromatic rings. The van der Waals surface area contributed by atoms with Crippen molar-refractivity contribution in [2.45, 2.75) is 13.3 Å². The van der Waals surface area contributed by atoms with Crippen LogP contribution in [0.3, 0.4) is 0 Å². The van der Waals surface area contributed by atoms with E-state index in [0.29, 0.717) is 12.4 Å². The number of nitrogens with two attached hydrogens (primary N) is 1. The van der Waals surface area contributed by atoms with Crippen LogP contribution < -0.4 is 10.5 Å². The highest BCUT2D eigenvalue weighted by molar-refractivity contribution is 5.35. The van der Waals surface area contributed by atoms with Gasteiger partial charge in [-0.2, -0.15) is 0 Å². The van der Waals surface area contributed by atoms with Crippen LogP contribution in [0.15, 0.2) is 42.6 Å². The Morgan fingerprint density at radius 3 is 2.65 bits per heavy atom. The van der Waals surface area contributed by atoms with Gasteiger partial charge in [0.05, 0.1) is 0 Å². The lowest BCUT2D eigenvalue weighted by atomic mass is 10.2. The minimum absolute atomic E-state index is 0.611. The second-order valence-electron chi connectivity index (χ2n) is 3.91. The number of ether oxygens (including phenoxy) is 1. The number of benzene rings is 1. The van der Waals surface area contributed by atoms with Gasteiger partial charge in [0.2, 0.25) is 5.88 Å². The molecule has 1 heterocycles. The molecule has 0 aliphatic carbocycles. The van der Waals surface area contributed by atoms with Gasteiger partial charge in [-0.1, -0.05) is 24.3 Å². The van der Waals surface area contributed by atoms with E-state index in [-0.39, 0.29) is 0 Å². The molecule has 0 saturated heterocycles. The molecule has 1 aromatic carbocycles. The maximum absolute atomic E-state index is 5.70. The Labute approximate surface area is 101 Å². The van der Waals surface area contributed by atoms with Gasteiger partial charge < -0.3 is 10.5 Å². The highest BCUT2D eigenvalue weighted by atomic mass is 16.5. The second kappa shape index (κ2) is 5.46. The van der Waals surface area contributed by atoms with E-state index in [2.05, 4.69) is 4.98 Å². The number of aromatic nitrogens is 1. The zero-order valence-electron chi connectivity index (χ0n) is 9.89. The molecule has 0 bridgehead atoms. The number of aryl methyl sites for hydroxylation is 1. The highest BCUT2D eigenvalue weighted by Gasteiger charge is 2.01. The summed E-state index contributed by atoms with van der Waals surface area (Å²) in [5, 5.41) is 0. The molecule has 0 atom stereocenters. The Bertz CT molecular complexity index is 480. The molecular formula is C14H16N2O. The molecular weight excluding hydrogens is 212 g/mol. The SMILES string of the molecule is Cc1ccccc1Oc1ccc(CCN)cn1. The summed E-state index contributed by atoms with van der Waals surface area (Å²) in [7, 11) is 0. The first-order chi connectivity index (χ1) is 8.29. The van der Waals surface area contributed by atoms with Crippen LogP contribution in [-0.2, 0) is 6.42 Å². The Morgan fingerprint density at radius 2 is 2.00 bits per heavy atom. The quantitative estimate of drug-likeness (QED) is 0.875. The van der Waals surface area contributed by atoms with E-state index in [9.17, 15) is 0 Å². The van der Waals surface area contributed by atoms with Gasteiger partial charge in [-0.25, -0.2) is 4.98 Å². The molecule has 0 radical (unpaired) electrons. The molecule has 3 heteroatoms. The topological polar surface area (TPSA) is 48.1 Å². The van der Waals surface area contributed by atoms with Crippen LogP contribution in [0.2, 0.25) is 0 Å². The standard InChI is InChI=1S/C14H16N2O/c1-11-4-2-3-5-13(11)17-14-7-6-12(8-9-15)10-16-14/h2-7,10H,8-9,15H2,1H3. The van der Waals surface area contributed by atoms with Crippen molar-refractivity contribution in [2.24, 2.45) is 5.73 Å². The highest BCUT2D eigenvalue weighted by Crippen LogP contribution is 2.22. The maximum Gasteiger partial charge on any atom is 0.219 e. The van der Waals surface area contributed by atoms with E-state index in [1.54, 1.807) is 6.20 Å². The summed E-state index contributed by atoms with van der Waals surface area (Å²) >= 11 is 0. The molecule has 3 nitrogen and oxygen atoms in total. The summed E-state index contributed by atoms with van der Waals surface area (Å²) in [6.07, 6.45) is 2.65. The minimum atomic E-state index is 0.611. The van der Waals surface area contributed by atoms with E-state index in [1.807, 2.05) is 43.3 Å². The maximum atomic E-state index is 5.70. The van der Waals surface area contributed by atoms with Gasteiger partial charge in [0.15, 0.2) is 0 Å². The molecule has 0 unspecified atom stereocenters. The van der Waals surface area contributed by atoms with Crippen molar-refractivity contribution >= 4 is 0 Å². The van der Waals surface area contributed by atoms with Crippen molar-refractivity contribution in [1.29, 1.82) is 0 Å². The molecule has 0 saturated carbocycles. The zero-order valence-corrected chi connectivity index (χ0v) is 9.89. The first-order valence-electron chi connectivity index (χ1n) is 5.68. The van der Waals surface area contributed by atoms with Crippen LogP contribution in [0, 0.1) is 6.92 Å². The van der Waals surface area contributed by atoms with Gasteiger partial charge in [-0.05, 0) is 37.1 Å². The minimum Gasteiger partial charge on any atom is -0.439 e. The normalized spacial score (nSPS) is 10.2. The fourth-order valence-corrected chi connectivity index (χ4v) is 1.57. The fourth-order valence-electron chi connectivity index (χ4n) is 1.57. The molecule has 1 aromatic heterocycles. The van der Waals surface area contributed by atoms with Crippen LogP contribution in [0.4, 0.5) is 0 Å². The summed E-state index contributed by atoms with van der Waals surface area (Å²) in [6.45, 7) is 2.65. The Hall–Kier alpha value is -1.87. The zero-order chi connectivity index (χ0) is 12.1. The van der Waals surface area contributed by atoms with Crippen molar-refractivity contribution in [3.05, 3.63) is 53.7 Å². The van der Waals surface area contributed by atoms with Crippen molar-refractivity contribution in [3.8, 4) is 11.6 Å². The lowest BCUT2D eigenvalue weighted by Crippen LogP contribution is -2.02. The summed E-state index contributed by atoms with van der Waals surface area (Å²) in [4.78, 5) is 4.26. The average Bonchev–Trinajstić information content (AvgIpc) is 2.35. The number of para-hydroxylation sites is 1. The largest absolute Gasteiger partial charge is 0.439 e. The average molecular weight is 228 g/mol. The Balaban J connectivity index is 2.11. The first-order valence-corrected chi connectivity index (χ1v) is 5.68. The summed E-state index contributed by atoms with van der Waals surface area (Å²) in [5.41, 5.74) is 7.71. The van der Waals surface area contributed by atoms with Gasteiger partial charge >= 0.3 is 0 Å². The molecule has 0 amide bonds. The third-order valence-corrected chi connectivity index (χ3v) is 2.54. The fraction of sp³-hybridized carbons (Fsp3) is 0.214. The number of pyridine rings is 1. The summed E-state index contributed by atoms with van der Waals surface area (Å²) in [5.74, 6) is 1.45. The lowest BCUT2D eigenvalue weighted by molar-refractivity contribution is 0.459. The number of hydrogen-bond acceptors (Lipinski definition) is 3. The molecule has 2 rings (SSSR count). The van der Waals surface area contributed by atoms with Crippen LogP contribution >= 0.6 is 0 Å². The van der Waals surface area contributed by atoms with Crippen LogP contribution in [-0.4, -0.2) is 11.5 Å². The number of hydrogen-bond donors (Lipinski definition) is 1. The van der Waals surface area contributed by atoms with Gasteiger partial charge in [0.1, 0.15) is 5.75 Å². The predicted octanol–water partition coefficient (Wildman–Crippen LogP) is 2.68. The first kappa shape index (κ1) is 11.6. The van der Waals surface area contributed by atoms with Crippen LogP contribution in [0.25, 0.3) is 0 Å². The molecule has 0 aliphatic rings. The number of rotatable bonds is 4. The van der Waals surface area contributed by atoms with Crippen molar-refractivity contribution < 1.29 is 4.74 Å². The van der Waals surface area contributed by atoms with Gasteiger partial charge in [0.25, 0.3) is 0 Å². The predicted molar refractivity (Wildman–Crippen MR) is 68.2 cm³/mol. The lowest BCUT2D eigenvalue weighted by Gasteiger charge is -2.07. The second-order valence-corrected chi connectivity index (χ2v) is 3.91. The van der Waals surface area contributed by atoms with E-state index in [4.69, 9.17) is 10.5 Å². The monoisotopic (exact) mass is 228 g/mol. The van der Waals surface area contributed by atoms with E-state index < -0.39 is 0 Å². The summed E-state index contributed by atoms with van der Waals surface area (Å²) < 4.78 is 5.70. The van der Waals surface area contributed by atoms with Crippen molar-refractivity contribution in [1.82, 2.24) is 4.98 Å². The third kappa shape index (κ3) is 3.04. The van der Waals surface area contributed by atoms with Gasteiger partial charge in [0, 0.05) is 12.3 Å².